The lowest BCUT2D eigenvalue weighted by Crippen LogP contribution is -2.49. The molecule has 2 aromatic heterocycles. The van der Waals surface area contributed by atoms with Crippen molar-refractivity contribution < 1.29 is 9.90 Å². The fraction of sp³-hybridized carbons (Fsp3) is 0.562. The molecule has 130 valence electrons. The minimum Gasteiger partial charge on any atom is -0.382 e. The summed E-state index contributed by atoms with van der Waals surface area (Å²) in [6.07, 6.45) is 4.72. The molecular formula is C16H22ClN5O2. The zero-order valence-electron chi connectivity index (χ0n) is 14.1. The molecule has 0 unspecified atom stereocenters. The number of hydrogen-bond donors (Lipinski definition) is 1. The van der Waals surface area contributed by atoms with Gasteiger partial charge in [-0.3, -0.25) is 4.79 Å². The van der Waals surface area contributed by atoms with Gasteiger partial charge in [-0.2, -0.15) is 0 Å². The van der Waals surface area contributed by atoms with Crippen LogP contribution in [0.4, 0.5) is 0 Å². The van der Waals surface area contributed by atoms with Crippen LogP contribution in [-0.2, 0) is 12.6 Å². The van der Waals surface area contributed by atoms with Crippen LogP contribution in [0.25, 0.3) is 0 Å². The van der Waals surface area contributed by atoms with Crippen LogP contribution >= 0.6 is 11.6 Å². The van der Waals surface area contributed by atoms with E-state index in [9.17, 15) is 9.90 Å². The number of aryl methyl sites for hydroxylation is 1. The van der Waals surface area contributed by atoms with Gasteiger partial charge >= 0.3 is 0 Å². The number of carbonyl (C=O) groups excluding carboxylic acids is 1. The van der Waals surface area contributed by atoms with Crippen LogP contribution < -0.4 is 0 Å². The van der Waals surface area contributed by atoms with Crippen LogP contribution in [0.2, 0.25) is 5.02 Å². The summed E-state index contributed by atoms with van der Waals surface area (Å²) >= 11 is 5.97. The minimum absolute atomic E-state index is 0.140. The zero-order valence-corrected chi connectivity index (χ0v) is 14.9. The van der Waals surface area contributed by atoms with Gasteiger partial charge in [-0.05, 0) is 32.8 Å². The van der Waals surface area contributed by atoms with Crippen molar-refractivity contribution in [3.63, 3.8) is 0 Å². The van der Waals surface area contributed by atoms with Gasteiger partial charge in [0.2, 0.25) is 0 Å². The first-order valence-corrected chi connectivity index (χ1v) is 8.44. The van der Waals surface area contributed by atoms with E-state index in [1.165, 1.54) is 0 Å². The monoisotopic (exact) mass is 351 g/mol. The van der Waals surface area contributed by atoms with E-state index < -0.39 is 5.60 Å². The van der Waals surface area contributed by atoms with E-state index in [2.05, 4.69) is 10.3 Å². The first-order valence-electron chi connectivity index (χ1n) is 8.06. The summed E-state index contributed by atoms with van der Waals surface area (Å²) in [6, 6.07) is 1.81. The lowest BCUT2D eigenvalue weighted by Gasteiger charge is -2.38. The number of β-amino-alcohol motifs (C(OH)–C–C–N with tert-alkyl or cyclic N) is 1. The second-order valence-corrected chi connectivity index (χ2v) is 7.13. The third-order valence-corrected chi connectivity index (χ3v) is 4.67. The van der Waals surface area contributed by atoms with E-state index in [1.54, 1.807) is 39.7 Å². The molecule has 1 atom stereocenters. The molecule has 3 rings (SSSR count). The van der Waals surface area contributed by atoms with Gasteiger partial charge in [0, 0.05) is 25.8 Å². The number of aliphatic hydroxyl groups is 1. The van der Waals surface area contributed by atoms with Gasteiger partial charge in [0.15, 0.2) is 0 Å². The molecule has 0 aromatic carbocycles. The standard InChI is InChI=1S/C16H22ClN5O2/c1-11(2)22-9-14(18-19-22)16(24)5-4-6-21(10-16)15(23)13-7-12(17)8-20(13)3/h7-9,11,24H,4-6,10H2,1-3H3/t16-/m0/s1. The average molecular weight is 352 g/mol. The van der Waals surface area contributed by atoms with Gasteiger partial charge in [-0.15, -0.1) is 5.10 Å². The van der Waals surface area contributed by atoms with E-state index >= 15 is 0 Å². The van der Waals surface area contributed by atoms with E-state index in [1.807, 2.05) is 13.8 Å². The Balaban J connectivity index is 1.82. The second kappa shape index (κ2) is 6.22. The highest BCUT2D eigenvalue weighted by Gasteiger charge is 2.39. The van der Waals surface area contributed by atoms with Crippen molar-refractivity contribution in [3.05, 3.63) is 34.9 Å². The molecule has 1 saturated heterocycles. The summed E-state index contributed by atoms with van der Waals surface area (Å²) in [7, 11) is 1.78. The van der Waals surface area contributed by atoms with Crippen LogP contribution in [0.5, 0.6) is 0 Å². The van der Waals surface area contributed by atoms with Crippen LogP contribution in [-0.4, -0.2) is 48.6 Å². The minimum atomic E-state index is -1.17. The molecule has 7 nitrogen and oxygen atoms in total. The Kier molecular flexibility index (Phi) is 4.40. The molecule has 1 N–H and O–H groups in total. The molecule has 0 aliphatic carbocycles. The normalized spacial score (nSPS) is 21.5. The van der Waals surface area contributed by atoms with Gasteiger partial charge in [0.25, 0.3) is 5.91 Å². The van der Waals surface area contributed by atoms with Gasteiger partial charge in [-0.25, -0.2) is 4.68 Å². The highest BCUT2D eigenvalue weighted by Crippen LogP contribution is 2.31. The smallest absolute Gasteiger partial charge is 0.270 e. The summed E-state index contributed by atoms with van der Waals surface area (Å²) in [4.78, 5) is 14.4. The summed E-state index contributed by atoms with van der Waals surface area (Å²) in [5.41, 5.74) is -0.149. The highest BCUT2D eigenvalue weighted by atomic mass is 35.5. The molecule has 0 saturated carbocycles. The third-order valence-electron chi connectivity index (χ3n) is 4.46. The summed E-state index contributed by atoms with van der Waals surface area (Å²) in [6.45, 7) is 4.80. The Morgan fingerprint density at radius 2 is 2.17 bits per heavy atom. The molecule has 3 heterocycles. The van der Waals surface area contributed by atoms with Crippen molar-refractivity contribution in [2.75, 3.05) is 13.1 Å². The van der Waals surface area contributed by atoms with Crippen LogP contribution in [0.15, 0.2) is 18.5 Å². The summed E-state index contributed by atoms with van der Waals surface area (Å²) in [5.74, 6) is -0.140. The molecule has 24 heavy (non-hydrogen) atoms. The maximum Gasteiger partial charge on any atom is 0.270 e. The topological polar surface area (TPSA) is 76.2 Å². The van der Waals surface area contributed by atoms with Gasteiger partial charge in [-0.1, -0.05) is 16.8 Å². The summed E-state index contributed by atoms with van der Waals surface area (Å²) in [5, 5.41) is 19.7. The number of halogens is 1. The first-order chi connectivity index (χ1) is 11.3. The molecule has 0 spiro atoms. The molecule has 2 aromatic rings. The van der Waals surface area contributed by atoms with E-state index in [4.69, 9.17) is 11.6 Å². The Bertz CT molecular complexity index is 753. The van der Waals surface area contributed by atoms with Crippen molar-refractivity contribution in [1.82, 2.24) is 24.5 Å². The molecular weight excluding hydrogens is 330 g/mol. The average Bonchev–Trinajstić information content (AvgIpc) is 3.14. The maximum atomic E-state index is 12.8. The number of aromatic nitrogens is 4. The number of nitrogens with zero attached hydrogens (tertiary/aromatic N) is 5. The van der Waals surface area contributed by atoms with Gasteiger partial charge in [0.05, 0.1) is 17.8 Å². The number of rotatable bonds is 3. The Morgan fingerprint density at radius 3 is 2.75 bits per heavy atom. The van der Waals surface area contributed by atoms with Crippen LogP contribution in [0.1, 0.15) is 48.9 Å². The molecule has 0 bridgehead atoms. The van der Waals surface area contributed by atoms with Crippen molar-refractivity contribution in [2.24, 2.45) is 7.05 Å². The Labute approximate surface area is 145 Å². The molecule has 8 heteroatoms. The third kappa shape index (κ3) is 3.06. The molecule has 1 fully saturated rings. The lowest BCUT2D eigenvalue weighted by molar-refractivity contribution is -0.0323. The Morgan fingerprint density at radius 1 is 1.42 bits per heavy atom. The predicted molar refractivity (Wildman–Crippen MR) is 89.9 cm³/mol. The zero-order chi connectivity index (χ0) is 17.5. The molecule has 1 amide bonds. The van der Waals surface area contributed by atoms with E-state index in [0.717, 1.165) is 0 Å². The van der Waals surface area contributed by atoms with Crippen molar-refractivity contribution in [1.29, 1.82) is 0 Å². The predicted octanol–water partition coefficient (Wildman–Crippen LogP) is 1.97. The van der Waals surface area contributed by atoms with E-state index in [-0.39, 0.29) is 18.5 Å². The van der Waals surface area contributed by atoms with Crippen LogP contribution in [0, 0.1) is 0 Å². The van der Waals surface area contributed by atoms with Crippen molar-refractivity contribution in [2.45, 2.75) is 38.3 Å². The molecule has 1 aliphatic rings. The fourth-order valence-electron chi connectivity index (χ4n) is 3.06. The number of carbonyl (C=O) groups is 1. The van der Waals surface area contributed by atoms with Gasteiger partial charge in [0.1, 0.15) is 17.0 Å². The SMILES string of the molecule is CC(C)n1cc([C@]2(O)CCCN(C(=O)c3cc(Cl)cn3C)C2)nn1. The number of hydrogen-bond acceptors (Lipinski definition) is 4. The maximum absolute atomic E-state index is 12.8. The van der Waals surface area contributed by atoms with Crippen molar-refractivity contribution >= 4 is 17.5 Å². The largest absolute Gasteiger partial charge is 0.382 e. The highest BCUT2D eigenvalue weighted by molar-refractivity contribution is 6.31. The Hall–Kier alpha value is -1.86. The molecule has 1 aliphatic heterocycles. The van der Waals surface area contributed by atoms with Gasteiger partial charge < -0.3 is 14.6 Å². The quantitative estimate of drug-likeness (QED) is 0.917. The second-order valence-electron chi connectivity index (χ2n) is 6.69. The molecule has 0 radical (unpaired) electrons. The van der Waals surface area contributed by atoms with Crippen LogP contribution in [0.3, 0.4) is 0 Å². The first kappa shape index (κ1) is 17.0. The fourth-order valence-corrected chi connectivity index (χ4v) is 3.31. The number of piperidine rings is 1. The lowest BCUT2D eigenvalue weighted by atomic mass is 9.90. The number of likely N-dealkylation sites (tertiary alicyclic amines) is 1. The van der Waals surface area contributed by atoms with E-state index in [0.29, 0.717) is 35.8 Å². The number of amides is 1. The summed E-state index contributed by atoms with van der Waals surface area (Å²) < 4.78 is 3.42. The van der Waals surface area contributed by atoms with Crippen molar-refractivity contribution in [3.8, 4) is 0 Å².